The minimum Gasteiger partial charge on any atom is -0.394 e. The number of hydrogen-bond donors (Lipinski definition) is 1. The molecule has 1 saturated heterocycles. The van der Waals surface area contributed by atoms with Crippen molar-refractivity contribution >= 4 is 11.8 Å². The van der Waals surface area contributed by atoms with Crippen LogP contribution in [0.3, 0.4) is 0 Å². The number of fused-ring (bicyclic) bond motifs is 1. The molecule has 1 aliphatic carbocycles. The summed E-state index contributed by atoms with van der Waals surface area (Å²) in [5.74, 6) is -0.572. The number of benzene rings is 1. The first kappa shape index (κ1) is 14.3. The van der Waals surface area contributed by atoms with Crippen LogP contribution in [-0.2, 0) is 15.1 Å². The van der Waals surface area contributed by atoms with E-state index < -0.39 is 5.54 Å². The highest BCUT2D eigenvalue weighted by Gasteiger charge is 2.54. The molecule has 0 radical (unpaired) electrons. The quantitative estimate of drug-likeness (QED) is 0.866. The summed E-state index contributed by atoms with van der Waals surface area (Å²) in [4.78, 5) is 26.8. The fourth-order valence-corrected chi connectivity index (χ4v) is 3.74. The summed E-state index contributed by atoms with van der Waals surface area (Å²) in [7, 11) is 0. The van der Waals surface area contributed by atoms with Crippen LogP contribution >= 0.6 is 0 Å². The number of likely N-dealkylation sites (tertiary alicyclic amines) is 1. The van der Waals surface area contributed by atoms with Crippen molar-refractivity contribution in [2.75, 3.05) is 6.61 Å². The molecule has 0 aromatic heterocycles. The van der Waals surface area contributed by atoms with Crippen molar-refractivity contribution in [3.63, 3.8) is 0 Å². The average Bonchev–Trinajstić information content (AvgIpc) is 2.80. The summed E-state index contributed by atoms with van der Waals surface area (Å²) < 4.78 is 0. The van der Waals surface area contributed by atoms with Gasteiger partial charge in [0.15, 0.2) is 0 Å². The van der Waals surface area contributed by atoms with Crippen LogP contribution in [0.1, 0.15) is 38.2 Å². The molecule has 4 nitrogen and oxygen atoms in total. The first-order valence-corrected chi connectivity index (χ1v) is 7.64. The Morgan fingerprint density at radius 3 is 2.10 bits per heavy atom. The Bertz CT molecular complexity index is 532. The SMILES string of the molecule is CC(CO)(c1ccccc1)N1C(=O)C2CCCCC2C1=O. The molecule has 2 fully saturated rings. The van der Waals surface area contributed by atoms with E-state index in [0.717, 1.165) is 31.2 Å². The van der Waals surface area contributed by atoms with Crippen LogP contribution in [0.15, 0.2) is 30.3 Å². The van der Waals surface area contributed by atoms with Crippen molar-refractivity contribution in [3.8, 4) is 0 Å². The number of amides is 2. The molecule has 1 aromatic carbocycles. The van der Waals surface area contributed by atoms with E-state index in [1.165, 1.54) is 4.90 Å². The van der Waals surface area contributed by atoms with Crippen LogP contribution in [-0.4, -0.2) is 28.4 Å². The molecule has 3 rings (SSSR count). The number of carbonyl (C=O) groups excluding carboxylic acids is 2. The van der Waals surface area contributed by atoms with Crippen LogP contribution in [0, 0.1) is 11.8 Å². The smallest absolute Gasteiger partial charge is 0.233 e. The lowest BCUT2D eigenvalue weighted by Gasteiger charge is -2.36. The molecule has 1 aromatic rings. The van der Waals surface area contributed by atoms with Crippen molar-refractivity contribution in [2.45, 2.75) is 38.1 Å². The summed E-state index contributed by atoms with van der Waals surface area (Å²) in [5, 5.41) is 9.92. The monoisotopic (exact) mass is 287 g/mol. The van der Waals surface area contributed by atoms with Gasteiger partial charge < -0.3 is 5.11 Å². The third-order valence-corrected chi connectivity index (χ3v) is 5.04. The first-order valence-electron chi connectivity index (χ1n) is 7.64. The Kier molecular flexibility index (Phi) is 3.57. The Labute approximate surface area is 124 Å². The molecule has 1 saturated carbocycles. The molecule has 2 amide bonds. The maximum Gasteiger partial charge on any atom is 0.233 e. The number of aliphatic hydroxyl groups excluding tert-OH is 1. The van der Waals surface area contributed by atoms with E-state index >= 15 is 0 Å². The van der Waals surface area contributed by atoms with Crippen LogP contribution in [0.5, 0.6) is 0 Å². The van der Waals surface area contributed by atoms with E-state index in [9.17, 15) is 14.7 Å². The molecule has 0 bridgehead atoms. The van der Waals surface area contributed by atoms with Crippen molar-refractivity contribution in [1.29, 1.82) is 0 Å². The largest absolute Gasteiger partial charge is 0.394 e. The number of nitrogens with zero attached hydrogens (tertiary/aromatic N) is 1. The lowest BCUT2D eigenvalue weighted by atomic mass is 9.81. The van der Waals surface area contributed by atoms with E-state index in [1.807, 2.05) is 30.3 Å². The number of carbonyl (C=O) groups is 2. The molecule has 3 unspecified atom stereocenters. The second-order valence-corrected chi connectivity index (χ2v) is 6.31. The Morgan fingerprint density at radius 1 is 1.10 bits per heavy atom. The molecule has 1 aliphatic heterocycles. The third kappa shape index (κ3) is 2.09. The highest BCUT2D eigenvalue weighted by molar-refractivity contribution is 6.06. The number of rotatable bonds is 3. The third-order valence-electron chi connectivity index (χ3n) is 5.04. The van der Waals surface area contributed by atoms with E-state index in [2.05, 4.69) is 0 Å². The van der Waals surface area contributed by atoms with Crippen LogP contribution < -0.4 is 0 Å². The summed E-state index contributed by atoms with van der Waals surface area (Å²) in [6.45, 7) is 1.52. The van der Waals surface area contributed by atoms with Crippen LogP contribution in [0.4, 0.5) is 0 Å². The molecule has 21 heavy (non-hydrogen) atoms. The van der Waals surface area contributed by atoms with Crippen molar-refractivity contribution in [2.24, 2.45) is 11.8 Å². The Balaban J connectivity index is 2.01. The molecule has 3 atom stereocenters. The molecule has 0 spiro atoms. The normalized spacial score (nSPS) is 28.4. The fourth-order valence-electron chi connectivity index (χ4n) is 3.74. The molecule has 112 valence electrons. The van der Waals surface area contributed by atoms with Crippen molar-refractivity contribution in [1.82, 2.24) is 4.90 Å². The maximum absolute atomic E-state index is 12.7. The highest BCUT2D eigenvalue weighted by Crippen LogP contribution is 2.43. The van der Waals surface area contributed by atoms with Crippen molar-refractivity contribution in [3.05, 3.63) is 35.9 Å². The zero-order valence-electron chi connectivity index (χ0n) is 12.3. The van der Waals surface area contributed by atoms with Gasteiger partial charge in [-0.1, -0.05) is 43.2 Å². The van der Waals surface area contributed by atoms with Gasteiger partial charge in [0.05, 0.1) is 24.0 Å². The summed E-state index contributed by atoms with van der Waals surface area (Å²) in [6, 6.07) is 9.33. The zero-order valence-corrected chi connectivity index (χ0v) is 12.3. The summed E-state index contributed by atoms with van der Waals surface area (Å²) >= 11 is 0. The van der Waals surface area contributed by atoms with Gasteiger partial charge in [-0.3, -0.25) is 14.5 Å². The molecule has 2 aliphatic rings. The second kappa shape index (κ2) is 5.26. The minimum absolute atomic E-state index is 0.106. The van der Waals surface area contributed by atoms with Gasteiger partial charge in [0.25, 0.3) is 0 Å². The van der Waals surface area contributed by atoms with Crippen molar-refractivity contribution < 1.29 is 14.7 Å². The van der Waals surface area contributed by atoms with Gasteiger partial charge in [-0.25, -0.2) is 0 Å². The summed E-state index contributed by atoms with van der Waals surface area (Å²) in [6.07, 6.45) is 3.61. The van der Waals surface area contributed by atoms with E-state index in [4.69, 9.17) is 0 Å². The molecule has 1 N–H and O–H groups in total. The fraction of sp³-hybridized carbons (Fsp3) is 0.529. The first-order chi connectivity index (χ1) is 10.1. The number of aliphatic hydroxyl groups is 1. The van der Waals surface area contributed by atoms with Crippen LogP contribution in [0.25, 0.3) is 0 Å². The standard InChI is InChI=1S/C17H21NO3/c1-17(11-19,12-7-3-2-4-8-12)18-15(20)13-9-5-6-10-14(13)16(18)21/h2-4,7-8,13-14,19H,5-6,9-11H2,1H3. The van der Waals surface area contributed by atoms with Gasteiger partial charge in [-0.15, -0.1) is 0 Å². The lowest BCUT2D eigenvalue weighted by Crippen LogP contribution is -2.50. The average molecular weight is 287 g/mol. The van der Waals surface area contributed by atoms with Gasteiger partial charge in [-0.2, -0.15) is 0 Å². The predicted octanol–water partition coefficient (Wildman–Crippen LogP) is 2.07. The summed E-state index contributed by atoms with van der Waals surface area (Å²) in [5.41, 5.74) is -0.167. The Morgan fingerprint density at radius 2 is 1.62 bits per heavy atom. The Hall–Kier alpha value is -1.68. The van der Waals surface area contributed by atoms with Gasteiger partial charge >= 0.3 is 0 Å². The lowest BCUT2D eigenvalue weighted by molar-refractivity contribution is -0.149. The number of hydrogen-bond acceptors (Lipinski definition) is 3. The zero-order chi connectivity index (χ0) is 15.0. The van der Waals surface area contributed by atoms with Gasteiger partial charge in [0.1, 0.15) is 0 Å². The predicted molar refractivity (Wildman–Crippen MR) is 78.2 cm³/mol. The molecule has 4 heteroatoms. The van der Waals surface area contributed by atoms with E-state index in [1.54, 1.807) is 6.92 Å². The van der Waals surface area contributed by atoms with Gasteiger partial charge in [0.2, 0.25) is 11.8 Å². The molecule has 1 heterocycles. The molecular formula is C17H21NO3. The minimum atomic E-state index is -0.966. The topological polar surface area (TPSA) is 57.6 Å². The van der Waals surface area contributed by atoms with Crippen LogP contribution in [0.2, 0.25) is 0 Å². The number of imide groups is 1. The maximum atomic E-state index is 12.7. The van der Waals surface area contributed by atoms with Gasteiger partial charge in [-0.05, 0) is 25.3 Å². The highest BCUT2D eigenvalue weighted by atomic mass is 16.3. The second-order valence-electron chi connectivity index (χ2n) is 6.31. The van der Waals surface area contributed by atoms with E-state index in [0.29, 0.717) is 0 Å². The molecular weight excluding hydrogens is 266 g/mol. The van der Waals surface area contributed by atoms with Gasteiger partial charge in [0, 0.05) is 0 Å². The van der Waals surface area contributed by atoms with E-state index in [-0.39, 0.29) is 30.3 Å².